The van der Waals surface area contributed by atoms with Crippen LogP contribution in [0.25, 0.3) is 0 Å². The Bertz CT molecular complexity index is 913. The zero-order valence-electron chi connectivity index (χ0n) is 15.8. The predicted molar refractivity (Wildman–Crippen MR) is 99.1 cm³/mol. The van der Waals surface area contributed by atoms with E-state index in [-0.39, 0.29) is 23.6 Å². The van der Waals surface area contributed by atoms with Gasteiger partial charge in [0.05, 0.1) is 17.8 Å². The fourth-order valence-corrected chi connectivity index (χ4v) is 4.56. The van der Waals surface area contributed by atoms with Crippen LogP contribution in [0.2, 0.25) is 0 Å². The molecule has 2 bridgehead atoms. The molecule has 4 rings (SSSR count). The summed E-state index contributed by atoms with van der Waals surface area (Å²) in [6.07, 6.45) is 1.88. The van der Waals surface area contributed by atoms with Crippen LogP contribution >= 0.6 is 0 Å². The molecule has 2 heterocycles. The van der Waals surface area contributed by atoms with Gasteiger partial charge in [-0.3, -0.25) is 9.48 Å². The first-order chi connectivity index (χ1) is 13.8. The number of alkyl halides is 3. The molecule has 0 saturated heterocycles. The zero-order valence-corrected chi connectivity index (χ0v) is 15.8. The van der Waals surface area contributed by atoms with Crippen LogP contribution in [0.15, 0.2) is 18.6 Å². The maximum Gasteiger partial charge on any atom is 0.421 e. The number of aryl methyl sites for hydroxylation is 1. The van der Waals surface area contributed by atoms with Gasteiger partial charge in [0.2, 0.25) is 11.9 Å². The molecule has 8 nitrogen and oxygen atoms in total. The number of amides is 1. The lowest BCUT2D eigenvalue weighted by Crippen LogP contribution is -2.43. The highest BCUT2D eigenvalue weighted by Crippen LogP contribution is 2.50. The summed E-state index contributed by atoms with van der Waals surface area (Å²) in [5.74, 6) is -1.10. The van der Waals surface area contributed by atoms with Gasteiger partial charge in [-0.15, -0.1) is 0 Å². The van der Waals surface area contributed by atoms with E-state index < -0.39 is 29.6 Å². The van der Waals surface area contributed by atoms with Crippen LogP contribution < -0.4 is 16.4 Å². The number of nitrogens with zero attached hydrogens (tertiary/aromatic N) is 4. The molecule has 4 N–H and O–H groups in total. The lowest BCUT2D eigenvalue weighted by molar-refractivity contribution is -0.137. The smallest absolute Gasteiger partial charge is 0.369 e. The molecule has 0 unspecified atom stereocenters. The maximum atomic E-state index is 13.5. The lowest BCUT2D eigenvalue weighted by Gasteiger charge is -2.30. The van der Waals surface area contributed by atoms with E-state index in [9.17, 15) is 18.0 Å². The minimum absolute atomic E-state index is 0.00920. The average molecular weight is 409 g/mol. The molecule has 11 heteroatoms. The Kier molecular flexibility index (Phi) is 4.83. The summed E-state index contributed by atoms with van der Waals surface area (Å²) in [5.41, 5.74) is 5.13. The van der Waals surface area contributed by atoms with Crippen molar-refractivity contribution in [1.82, 2.24) is 19.7 Å². The number of halogens is 3. The summed E-state index contributed by atoms with van der Waals surface area (Å²) < 4.78 is 42.2. The van der Waals surface area contributed by atoms with E-state index in [2.05, 4.69) is 25.7 Å². The minimum Gasteiger partial charge on any atom is -0.369 e. The van der Waals surface area contributed by atoms with Crippen molar-refractivity contribution in [1.29, 1.82) is 0 Å². The van der Waals surface area contributed by atoms with Gasteiger partial charge < -0.3 is 16.4 Å². The summed E-state index contributed by atoms with van der Waals surface area (Å²) in [4.78, 5) is 19.8. The number of rotatable bonds is 6. The van der Waals surface area contributed by atoms with Gasteiger partial charge in [-0.1, -0.05) is 0 Å². The van der Waals surface area contributed by atoms with Crippen LogP contribution in [-0.4, -0.2) is 31.7 Å². The number of nitrogens with two attached hydrogens (primary N) is 1. The minimum atomic E-state index is -4.63. The largest absolute Gasteiger partial charge is 0.421 e. The number of aromatic nitrogens is 4. The number of fused-ring (bicyclic) bond motifs is 2. The maximum absolute atomic E-state index is 13.5. The number of hydrogen-bond donors (Lipinski definition) is 3. The second-order valence-electron chi connectivity index (χ2n) is 7.59. The first-order valence-corrected chi connectivity index (χ1v) is 9.55. The van der Waals surface area contributed by atoms with Crippen LogP contribution in [0, 0.1) is 17.8 Å². The molecule has 0 aromatic carbocycles. The SMILES string of the molecule is CCn1cc(Nc2ncc(C(F)(F)F)c(N[C@H]3[C@@H]4CC[C@@H](C4)[C@H]3C(N)=O)n2)cn1. The summed E-state index contributed by atoms with van der Waals surface area (Å²) in [7, 11) is 0. The van der Waals surface area contributed by atoms with Gasteiger partial charge in [0, 0.05) is 25.0 Å². The van der Waals surface area contributed by atoms with Gasteiger partial charge in [0.15, 0.2) is 0 Å². The molecular weight excluding hydrogens is 387 g/mol. The molecule has 2 fully saturated rings. The molecule has 1 amide bonds. The molecule has 2 aromatic heterocycles. The van der Waals surface area contributed by atoms with Crippen molar-refractivity contribution in [2.45, 2.75) is 44.9 Å². The monoisotopic (exact) mass is 409 g/mol. The topological polar surface area (TPSA) is 111 Å². The quantitative estimate of drug-likeness (QED) is 0.677. The van der Waals surface area contributed by atoms with Crippen molar-refractivity contribution in [3.8, 4) is 0 Å². The first kappa shape index (κ1) is 19.5. The first-order valence-electron chi connectivity index (χ1n) is 9.55. The van der Waals surface area contributed by atoms with E-state index in [0.717, 1.165) is 25.5 Å². The standard InChI is InChI=1S/C18H22F3N7O/c1-2-28-8-11(6-24-28)25-17-23-7-12(18(19,20)21)16(27-17)26-14-10-4-3-9(5-10)13(14)15(22)29/h6-10,13-14H,2-5H2,1H3,(H2,22,29)(H2,23,25,26,27)/t9-,10+,13+,14-/m0/s1. The Morgan fingerprint density at radius 2 is 2.07 bits per heavy atom. The molecule has 2 saturated carbocycles. The number of anilines is 3. The van der Waals surface area contributed by atoms with Crippen LogP contribution in [-0.2, 0) is 17.5 Å². The molecule has 2 aliphatic carbocycles. The third-order valence-electron chi connectivity index (χ3n) is 5.86. The van der Waals surface area contributed by atoms with Crippen LogP contribution in [0.4, 0.5) is 30.6 Å². The summed E-state index contributed by atoms with van der Waals surface area (Å²) in [6.45, 7) is 2.57. The Morgan fingerprint density at radius 1 is 1.31 bits per heavy atom. The fourth-order valence-electron chi connectivity index (χ4n) is 4.56. The second-order valence-corrected chi connectivity index (χ2v) is 7.59. The van der Waals surface area contributed by atoms with Gasteiger partial charge in [0.25, 0.3) is 0 Å². The van der Waals surface area contributed by atoms with Crippen molar-refractivity contribution in [2.24, 2.45) is 23.5 Å². The van der Waals surface area contributed by atoms with Gasteiger partial charge in [-0.2, -0.15) is 23.3 Å². The van der Waals surface area contributed by atoms with Crippen molar-refractivity contribution >= 4 is 23.4 Å². The van der Waals surface area contributed by atoms with Crippen molar-refractivity contribution in [3.63, 3.8) is 0 Å². The normalized spacial score (nSPS) is 25.9. The molecule has 4 atom stereocenters. The summed E-state index contributed by atoms with van der Waals surface area (Å²) >= 11 is 0. The fraction of sp³-hybridized carbons (Fsp3) is 0.556. The second kappa shape index (κ2) is 7.20. The van der Waals surface area contributed by atoms with Gasteiger partial charge in [-0.05, 0) is 38.0 Å². The number of carbonyl (C=O) groups is 1. The third kappa shape index (κ3) is 3.73. The third-order valence-corrected chi connectivity index (χ3v) is 5.86. The Labute approximate surface area is 165 Å². The highest BCUT2D eigenvalue weighted by molar-refractivity contribution is 5.79. The molecule has 2 aliphatic rings. The Hall–Kier alpha value is -2.85. The molecule has 2 aromatic rings. The number of primary amides is 1. The number of carbonyl (C=O) groups excluding carboxylic acids is 1. The van der Waals surface area contributed by atoms with Gasteiger partial charge in [-0.25, -0.2) is 4.98 Å². The van der Waals surface area contributed by atoms with Gasteiger partial charge >= 0.3 is 6.18 Å². The van der Waals surface area contributed by atoms with E-state index >= 15 is 0 Å². The van der Waals surface area contributed by atoms with Crippen LogP contribution in [0.1, 0.15) is 31.7 Å². The van der Waals surface area contributed by atoms with Crippen molar-refractivity contribution < 1.29 is 18.0 Å². The van der Waals surface area contributed by atoms with E-state index in [1.165, 1.54) is 6.20 Å². The molecule has 0 aliphatic heterocycles. The van der Waals surface area contributed by atoms with E-state index in [4.69, 9.17) is 5.73 Å². The lowest BCUT2D eigenvalue weighted by atomic mass is 9.84. The molecule has 156 valence electrons. The predicted octanol–water partition coefficient (Wildman–Crippen LogP) is 2.77. The Morgan fingerprint density at radius 3 is 2.72 bits per heavy atom. The van der Waals surface area contributed by atoms with Crippen LogP contribution in [0.3, 0.4) is 0 Å². The molecule has 0 radical (unpaired) electrons. The van der Waals surface area contributed by atoms with Crippen LogP contribution in [0.5, 0.6) is 0 Å². The zero-order chi connectivity index (χ0) is 20.8. The average Bonchev–Trinajstić information content (AvgIpc) is 3.36. The molecule has 29 heavy (non-hydrogen) atoms. The van der Waals surface area contributed by atoms with E-state index in [1.54, 1.807) is 10.9 Å². The Balaban J connectivity index is 1.63. The summed E-state index contributed by atoms with van der Waals surface area (Å²) in [5, 5.41) is 9.85. The van der Waals surface area contributed by atoms with E-state index in [1.807, 2.05) is 6.92 Å². The molecule has 0 spiro atoms. The number of hydrogen-bond acceptors (Lipinski definition) is 6. The van der Waals surface area contributed by atoms with Gasteiger partial charge in [0.1, 0.15) is 11.4 Å². The van der Waals surface area contributed by atoms with E-state index in [0.29, 0.717) is 12.2 Å². The summed E-state index contributed by atoms with van der Waals surface area (Å²) in [6, 6.07) is -0.460. The molecular formula is C18H22F3N7O. The number of nitrogens with one attached hydrogen (secondary N) is 2. The van der Waals surface area contributed by atoms with Crippen molar-refractivity contribution in [3.05, 3.63) is 24.2 Å². The highest BCUT2D eigenvalue weighted by atomic mass is 19.4. The highest BCUT2D eigenvalue weighted by Gasteiger charge is 2.51. The van der Waals surface area contributed by atoms with Crippen molar-refractivity contribution in [2.75, 3.05) is 10.6 Å².